The summed E-state index contributed by atoms with van der Waals surface area (Å²) in [6.07, 6.45) is 6.22. The van der Waals surface area contributed by atoms with E-state index in [1.54, 1.807) is 0 Å². The highest BCUT2D eigenvalue weighted by atomic mass is 15.0. The van der Waals surface area contributed by atoms with Crippen molar-refractivity contribution in [2.24, 2.45) is 5.73 Å². The molecule has 1 saturated carbocycles. The maximum Gasteiger partial charge on any atom is 0.00823 e. The Morgan fingerprint density at radius 2 is 2.07 bits per heavy atom. The topological polar surface area (TPSA) is 41.3 Å². The molecule has 0 aliphatic heterocycles. The normalized spacial score (nSPS) is 27.4. The van der Waals surface area contributed by atoms with Gasteiger partial charge in [-0.2, -0.15) is 0 Å². The van der Waals surface area contributed by atoms with Crippen LogP contribution in [0, 0.1) is 0 Å². The Morgan fingerprint density at radius 1 is 1.29 bits per heavy atom. The van der Waals surface area contributed by atoms with Gasteiger partial charge in [0.25, 0.3) is 0 Å². The maximum absolute atomic E-state index is 5.85. The van der Waals surface area contributed by atoms with E-state index in [4.69, 9.17) is 5.73 Å². The van der Waals surface area contributed by atoms with Gasteiger partial charge >= 0.3 is 0 Å². The molecule has 0 radical (unpaired) electrons. The molecule has 1 aliphatic carbocycles. The first-order valence-corrected chi connectivity index (χ1v) is 5.82. The second kappa shape index (κ2) is 6.38. The van der Waals surface area contributed by atoms with Crippen LogP contribution < -0.4 is 11.1 Å². The summed E-state index contributed by atoms with van der Waals surface area (Å²) in [5, 5.41) is 3.59. The van der Waals surface area contributed by atoms with Crippen molar-refractivity contribution >= 4 is 0 Å². The lowest BCUT2D eigenvalue weighted by atomic mass is 10.2. The first-order chi connectivity index (χ1) is 6.68. The van der Waals surface area contributed by atoms with Crippen LogP contribution in [0.4, 0.5) is 0 Å². The molecule has 1 fully saturated rings. The average molecular weight is 199 g/mol. The Labute approximate surface area is 88.0 Å². The third-order valence-electron chi connectivity index (χ3n) is 2.94. The van der Waals surface area contributed by atoms with Crippen LogP contribution in [0.2, 0.25) is 0 Å². The molecule has 2 atom stereocenters. The van der Waals surface area contributed by atoms with E-state index in [-0.39, 0.29) is 0 Å². The lowest BCUT2D eigenvalue weighted by Gasteiger charge is -2.13. The van der Waals surface area contributed by atoms with Gasteiger partial charge in [-0.15, -0.1) is 0 Å². The zero-order valence-corrected chi connectivity index (χ0v) is 9.63. The third kappa shape index (κ3) is 4.94. The molecule has 1 aliphatic rings. The van der Waals surface area contributed by atoms with E-state index in [0.29, 0.717) is 12.1 Å². The van der Waals surface area contributed by atoms with Crippen LogP contribution in [-0.4, -0.2) is 44.2 Å². The van der Waals surface area contributed by atoms with E-state index in [1.807, 2.05) is 0 Å². The molecule has 0 aromatic heterocycles. The summed E-state index contributed by atoms with van der Waals surface area (Å²) in [4.78, 5) is 2.24. The molecule has 0 bridgehead atoms. The second-order valence-electron chi connectivity index (χ2n) is 4.73. The van der Waals surface area contributed by atoms with Crippen LogP contribution in [-0.2, 0) is 0 Å². The Balaban J connectivity index is 1.89. The fraction of sp³-hybridized carbons (Fsp3) is 1.00. The van der Waals surface area contributed by atoms with Gasteiger partial charge in [0.2, 0.25) is 0 Å². The summed E-state index contributed by atoms with van der Waals surface area (Å²) in [5.41, 5.74) is 5.85. The standard InChI is InChI=1S/C11H25N3/c1-14(2)8-4-3-7-13-11-6-5-10(12)9-11/h10-11,13H,3-9,12H2,1-2H3. The number of hydrogen-bond acceptors (Lipinski definition) is 3. The lowest BCUT2D eigenvalue weighted by molar-refractivity contribution is 0.387. The molecule has 3 heteroatoms. The van der Waals surface area contributed by atoms with Gasteiger partial charge < -0.3 is 16.0 Å². The smallest absolute Gasteiger partial charge is 0.00823 e. The zero-order chi connectivity index (χ0) is 10.4. The van der Waals surface area contributed by atoms with E-state index >= 15 is 0 Å². The van der Waals surface area contributed by atoms with E-state index in [2.05, 4.69) is 24.3 Å². The Hall–Kier alpha value is -0.120. The largest absolute Gasteiger partial charge is 0.328 e. The van der Waals surface area contributed by atoms with Crippen molar-refractivity contribution < 1.29 is 0 Å². The molecule has 0 amide bonds. The maximum atomic E-state index is 5.85. The van der Waals surface area contributed by atoms with Crippen molar-refractivity contribution in [3.63, 3.8) is 0 Å². The number of nitrogens with two attached hydrogens (primary N) is 1. The molecule has 0 spiro atoms. The fourth-order valence-electron chi connectivity index (χ4n) is 2.06. The van der Waals surface area contributed by atoms with Crippen molar-refractivity contribution in [3.8, 4) is 0 Å². The summed E-state index contributed by atoms with van der Waals surface area (Å²) < 4.78 is 0. The predicted molar refractivity (Wildman–Crippen MR) is 61.4 cm³/mol. The van der Waals surface area contributed by atoms with E-state index in [9.17, 15) is 0 Å². The number of nitrogens with one attached hydrogen (secondary N) is 1. The quantitative estimate of drug-likeness (QED) is 0.622. The SMILES string of the molecule is CN(C)CCCCNC1CCC(N)C1. The molecule has 3 nitrogen and oxygen atoms in total. The van der Waals surface area contributed by atoms with Crippen molar-refractivity contribution in [1.29, 1.82) is 0 Å². The molecule has 0 aromatic carbocycles. The van der Waals surface area contributed by atoms with Crippen molar-refractivity contribution in [2.45, 2.75) is 44.2 Å². The highest BCUT2D eigenvalue weighted by Crippen LogP contribution is 2.16. The molecule has 0 saturated heterocycles. The van der Waals surface area contributed by atoms with Gasteiger partial charge in [-0.1, -0.05) is 0 Å². The number of unbranched alkanes of at least 4 members (excludes halogenated alkanes) is 1. The van der Waals surface area contributed by atoms with Gasteiger partial charge in [-0.05, 0) is 59.3 Å². The van der Waals surface area contributed by atoms with Gasteiger partial charge in [0.05, 0.1) is 0 Å². The molecule has 84 valence electrons. The lowest BCUT2D eigenvalue weighted by Crippen LogP contribution is -2.29. The molecule has 2 unspecified atom stereocenters. The average Bonchev–Trinajstić information content (AvgIpc) is 2.50. The minimum absolute atomic E-state index is 0.453. The van der Waals surface area contributed by atoms with Crippen molar-refractivity contribution in [3.05, 3.63) is 0 Å². The summed E-state index contributed by atoms with van der Waals surface area (Å²) in [7, 11) is 4.26. The first kappa shape index (κ1) is 12.0. The molecule has 0 heterocycles. The second-order valence-corrected chi connectivity index (χ2v) is 4.73. The summed E-state index contributed by atoms with van der Waals surface area (Å²) in [6.45, 7) is 2.36. The summed E-state index contributed by atoms with van der Waals surface area (Å²) in [5.74, 6) is 0. The van der Waals surface area contributed by atoms with Gasteiger partial charge in [0, 0.05) is 12.1 Å². The number of nitrogens with zero attached hydrogens (tertiary/aromatic N) is 1. The van der Waals surface area contributed by atoms with Gasteiger partial charge in [0.15, 0.2) is 0 Å². The minimum Gasteiger partial charge on any atom is -0.328 e. The van der Waals surface area contributed by atoms with Gasteiger partial charge in [0.1, 0.15) is 0 Å². The van der Waals surface area contributed by atoms with E-state index in [1.165, 1.54) is 38.6 Å². The Morgan fingerprint density at radius 3 is 2.64 bits per heavy atom. The predicted octanol–water partition coefficient (Wildman–Crippen LogP) is 0.798. The van der Waals surface area contributed by atoms with E-state index in [0.717, 1.165) is 6.54 Å². The molecular weight excluding hydrogens is 174 g/mol. The minimum atomic E-state index is 0.453. The van der Waals surface area contributed by atoms with Gasteiger partial charge in [-0.25, -0.2) is 0 Å². The van der Waals surface area contributed by atoms with Crippen LogP contribution in [0.5, 0.6) is 0 Å². The fourth-order valence-corrected chi connectivity index (χ4v) is 2.06. The van der Waals surface area contributed by atoms with E-state index < -0.39 is 0 Å². The van der Waals surface area contributed by atoms with Crippen molar-refractivity contribution in [2.75, 3.05) is 27.2 Å². The molecule has 3 N–H and O–H groups in total. The van der Waals surface area contributed by atoms with Crippen molar-refractivity contribution in [1.82, 2.24) is 10.2 Å². The number of rotatable bonds is 6. The van der Waals surface area contributed by atoms with Crippen LogP contribution >= 0.6 is 0 Å². The summed E-state index contributed by atoms with van der Waals surface area (Å²) in [6, 6.07) is 1.15. The monoisotopic (exact) mass is 199 g/mol. The molecule has 1 rings (SSSR count). The summed E-state index contributed by atoms with van der Waals surface area (Å²) >= 11 is 0. The van der Waals surface area contributed by atoms with Crippen LogP contribution in [0.1, 0.15) is 32.1 Å². The highest BCUT2D eigenvalue weighted by Gasteiger charge is 2.20. The number of hydrogen-bond donors (Lipinski definition) is 2. The Bertz CT molecular complexity index is 147. The zero-order valence-electron chi connectivity index (χ0n) is 9.63. The van der Waals surface area contributed by atoms with Gasteiger partial charge in [-0.3, -0.25) is 0 Å². The first-order valence-electron chi connectivity index (χ1n) is 5.82. The van der Waals surface area contributed by atoms with Crippen LogP contribution in [0.15, 0.2) is 0 Å². The third-order valence-corrected chi connectivity index (χ3v) is 2.94. The molecular formula is C11H25N3. The molecule has 0 aromatic rings. The molecule has 14 heavy (non-hydrogen) atoms. The van der Waals surface area contributed by atoms with Crippen LogP contribution in [0.25, 0.3) is 0 Å². The Kier molecular flexibility index (Phi) is 5.45. The van der Waals surface area contributed by atoms with Crippen LogP contribution in [0.3, 0.4) is 0 Å². The highest BCUT2D eigenvalue weighted by molar-refractivity contribution is 4.82.